The first-order valence-electron chi connectivity index (χ1n) is 16.2. The summed E-state index contributed by atoms with van der Waals surface area (Å²) in [4.78, 5) is 16.3. The van der Waals surface area contributed by atoms with E-state index in [0.29, 0.717) is 0 Å². The van der Waals surface area contributed by atoms with Gasteiger partial charge in [-0.3, -0.25) is 4.79 Å². The van der Waals surface area contributed by atoms with Gasteiger partial charge in [0.25, 0.3) is 0 Å². The van der Waals surface area contributed by atoms with E-state index in [2.05, 4.69) is 95.9 Å². The summed E-state index contributed by atoms with van der Waals surface area (Å²) < 4.78 is 6.21. The van der Waals surface area contributed by atoms with Crippen molar-refractivity contribution >= 4 is 16.8 Å². The summed E-state index contributed by atoms with van der Waals surface area (Å²) in [5.74, 6) is 1.45. The molecule has 2 heterocycles. The zero-order valence-electron chi connectivity index (χ0n) is 29.1. The van der Waals surface area contributed by atoms with Crippen LogP contribution in [0.5, 0.6) is 0 Å². The van der Waals surface area contributed by atoms with Gasteiger partial charge < -0.3 is 14.5 Å². The number of aliphatic hydroxyl groups excluding tert-OH is 1. The molecule has 0 saturated heterocycles. The number of pyridine rings is 1. The summed E-state index contributed by atoms with van der Waals surface area (Å²) in [6.45, 7) is 23.3. The van der Waals surface area contributed by atoms with E-state index >= 15 is 0 Å². The third kappa shape index (κ3) is 9.74. The van der Waals surface area contributed by atoms with E-state index in [0.717, 1.165) is 59.2 Å². The first kappa shape index (κ1) is 38.2. The average Bonchev–Trinajstić information content (AvgIpc) is 3.36. The number of furan rings is 1. The minimum absolute atomic E-state index is 0. The largest absolute Gasteiger partial charge is 0.512 e. The summed E-state index contributed by atoms with van der Waals surface area (Å²) in [5, 5.41) is 10.8. The van der Waals surface area contributed by atoms with E-state index in [1.165, 1.54) is 33.9 Å². The first-order valence-corrected chi connectivity index (χ1v) is 16.2. The van der Waals surface area contributed by atoms with Gasteiger partial charge in [-0.15, -0.1) is 34.9 Å². The Morgan fingerprint density at radius 2 is 1.47 bits per heavy atom. The fourth-order valence-electron chi connectivity index (χ4n) is 5.81. The maximum absolute atomic E-state index is 11.7. The van der Waals surface area contributed by atoms with Crippen molar-refractivity contribution in [3.63, 3.8) is 0 Å². The Kier molecular flexibility index (Phi) is 14.0. The van der Waals surface area contributed by atoms with Crippen molar-refractivity contribution in [2.45, 2.75) is 107 Å². The normalized spacial score (nSPS) is 11.9. The summed E-state index contributed by atoms with van der Waals surface area (Å²) in [6, 6.07) is 16.5. The Labute approximate surface area is 285 Å². The van der Waals surface area contributed by atoms with Gasteiger partial charge in [-0.05, 0) is 73.4 Å². The number of hydrogen-bond acceptors (Lipinski definition) is 4. The predicted octanol–water partition coefficient (Wildman–Crippen LogP) is 11.4. The van der Waals surface area contributed by atoms with Gasteiger partial charge in [0, 0.05) is 49.0 Å². The maximum atomic E-state index is 11.7. The quantitative estimate of drug-likeness (QED) is 0.104. The minimum Gasteiger partial charge on any atom is -0.512 e. The van der Waals surface area contributed by atoms with Gasteiger partial charge >= 0.3 is 0 Å². The number of fused-ring (bicyclic) bond motifs is 1. The van der Waals surface area contributed by atoms with Crippen LogP contribution in [-0.4, -0.2) is 15.9 Å². The van der Waals surface area contributed by atoms with Crippen LogP contribution < -0.4 is 0 Å². The van der Waals surface area contributed by atoms with Crippen LogP contribution in [0.25, 0.3) is 33.6 Å². The molecule has 0 amide bonds. The molecule has 45 heavy (non-hydrogen) atoms. The zero-order valence-corrected chi connectivity index (χ0v) is 31.5. The van der Waals surface area contributed by atoms with Crippen LogP contribution in [-0.2, 0) is 30.3 Å². The molecule has 4 rings (SSSR count). The second-order valence-corrected chi connectivity index (χ2v) is 13.2. The second-order valence-electron chi connectivity index (χ2n) is 13.2. The number of ketones is 1. The van der Waals surface area contributed by atoms with Crippen molar-refractivity contribution in [2.24, 2.45) is 11.8 Å². The van der Waals surface area contributed by atoms with Crippen LogP contribution in [0.1, 0.15) is 102 Å². The van der Waals surface area contributed by atoms with Gasteiger partial charge in [0.2, 0.25) is 0 Å². The van der Waals surface area contributed by atoms with Crippen molar-refractivity contribution < 1.29 is 34.4 Å². The van der Waals surface area contributed by atoms with E-state index in [1.54, 1.807) is 0 Å². The molecule has 0 atom stereocenters. The number of carbonyl (C=O) groups is 1. The van der Waals surface area contributed by atoms with Crippen LogP contribution in [0.15, 0.2) is 58.8 Å². The van der Waals surface area contributed by atoms with E-state index in [9.17, 15) is 9.90 Å². The molecule has 0 aliphatic heterocycles. The molecular formula is C40H52IrNO3-. The molecule has 0 saturated carbocycles. The van der Waals surface area contributed by atoms with Crippen LogP contribution in [0.4, 0.5) is 0 Å². The Morgan fingerprint density at radius 3 is 1.98 bits per heavy atom. The number of rotatable bonds is 9. The smallest absolute Gasteiger partial charge is 0.162 e. The van der Waals surface area contributed by atoms with E-state index < -0.39 is 0 Å². The molecule has 0 fully saturated rings. The molecular weight excluding hydrogens is 735 g/mol. The van der Waals surface area contributed by atoms with E-state index in [1.807, 2.05) is 33.9 Å². The number of allylic oxidation sites excluding steroid dienone is 2. The molecule has 1 N–H and O–H groups in total. The molecule has 1 radical (unpaired) electrons. The molecule has 5 heteroatoms. The Hall–Kier alpha value is -3.01. The Balaban J connectivity index is 0.000000378. The van der Waals surface area contributed by atoms with Gasteiger partial charge in [0.05, 0.1) is 12.0 Å². The van der Waals surface area contributed by atoms with Crippen molar-refractivity contribution in [3.8, 4) is 22.6 Å². The topological polar surface area (TPSA) is 63.3 Å². The van der Waals surface area contributed by atoms with Crippen LogP contribution in [0.2, 0.25) is 0 Å². The molecule has 0 aliphatic carbocycles. The number of carbonyl (C=O) groups excluding carboxylic acids is 1. The van der Waals surface area contributed by atoms with Gasteiger partial charge in [0.15, 0.2) is 11.4 Å². The number of hydrogen-bond donors (Lipinski definition) is 1. The monoisotopic (exact) mass is 787 g/mol. The Morgan fingerprint density at radius 1 is 0.889 bits per heavy atom. The summed E-state index contributed by atoms with van der Waals surface area (Å²) in [7, 11) is 0. The third-order valence-electron chi connectivity index (χ3n) is 8.56. The molecule has 2 aromatic carbocycles. The van der Waals surface area contributed by atoms with Gasteiger partial charge in [0.1, 0.15) is 5.76 Å². The SMILES string of the molecule is CCC(CC)C(=O)/C=C(\O)C(CC)CC.Cc1[c-]c(-c2cc3cc(-c4c(C)cc(C(C)(C)C)cc4C)oc3cn2)cc(C)c1.[Ir]. The summed E-state index contributed by atoms with van der Waals surface area (Å²) >= 11 is 0. The van der Waals surface area contributed by atoms with E-state index in [-0.39, 0.29) is 48.9 Å². The number of aromatic nitrogens is 1. The Bertz CT molecular complexity index is 1570. The molecule has 0 aliphatic rings. The van der Waals surface area contributed by atoms with Gasteiger partial charge in [-0.2, -0.15) is 0 Å². The fourth-order valence-corrected chi connectivity index (χ4v) is 5.81. The number of aryl methyl sites for hydroxylation is 4. The van der Waals surface area contributed by atoms with Crippen LogP contribution in [0.3, 0.4) is 0 Å². The molecule has 2 aromatic heterocycles. The summed E-state index contributed by atoms with van der Waals surface area (Å²) in [6.07, 6.45) is 6.73. The van der Waals surface area contributed by atoms with Crippen LogP contribution in [0, 0.1) is 45.6 Å². The number of benzene rings is 2. The van der Waals surface area contributed by atoms with Crippen LogP contribution >= 0.6 is 0 Å². The van der Waals surface area contributed by atoms with Crippen molar-refractivity contribution in [3.05, 3.63) is 88.3 Å². The van der Waals surface area contributed by atoms with Gasteiger partial charge in [-0.1, -0.05) is 80.5 Å². The zero-order chi connectivity index (χ0) is 32.8. The van der Waals surface area contributed by atoms with Crippen molar-refractivity contribution in [1.29, 1.82) is 0 Å². The standard InChI is InChI=1S/C27H28NO.C13H24O2.Ir/c1-16-8-17(2)10-20(9-16)23-13-21-14-24(29-25(21)15-28-23)26-18(3)11-22(12-19(26)4)27(5,6)7;1-5-10(6-2)12(14)9-13(15)11(7-3)8-4;/h8-9,11-15H,1-7H3;9-11,14H,5-8H2,1-4H3;/q-1;;/b;12-9-;. The molecule has 4 nitrogen and oxygen atoms in total. The molecule has 245 valence electrons. The second kappa shape index (κ2) is 16.5. The molecule has 0 spiro atoms. The number of nitrogens with zero attached hydrogens (tertiary/aromatic N) is 1. The molecule has 0 bridgehead atoms. The average molecular weight is 787 g/mol. The predicted molar refractivity (Wildman–Crippen MR) is 185 cm³/mol. The number of aliphatic hydroxyl groups is 1. The van der Waals surface area contributed by atoms with Crippen molar-refractivity contribution in [2.75, 3.05) is 0 Å². The van der Waals surface area contributed by atoms with Gasteiger partial charge in [-0.25, -0.2) is 0 Å². The third-order valence-corrected chi connectivity index (χ3v) is 8.56. The van der Waals surface area contributed by atoms with E-state index in [4.69, 9.17) is 4.42 Å². The minimum atomic E-state index is 0. The maximum Gasteiger partial charge on any atom is 0.162 e. The molecule has 0 unspecified atom stereocenters. The fraction of sp³-hybridized carbons (Fsp3) is 0.450. The molecule has 4 aromatic rings. The summed E-state index contributed by atoms with van der Waals surface area (Å²) in [5.41, 5.74) is 10.2. The van der Waals surface area contributed by atoms with Crippen molar-refractivity contribution in [1.82, 2.24) is 4.98 Å². The first-order chi connectivity index (χ1) is 20.7.